The fourth-order valence-corrected chi connectivity index (χ4v) is 8.34. The number of aliphatic carboxylic acids is 1. The number of thioether (sulfide) groups is 1. The van der Waals surface area contributed by atoms with Gasteiger partial charge >= 0.3 is 5.97 Å². The molecule has 1 atom stereocenters. The number of amides is 2. The highest BCUT2D eigenvalue weighted by Crippen LogP contribution is 2.47. The first kappa shape index (κ1) is 29.2. The lowest BCUT2D eigenvalue weighted by molar-refractivity contribution is -0.134. The maximum absolute atomic E-state index is 13.6. The number of benzene rings is 2. The summed E-state index contributed by atoms with van der Waals surface area (Å²) in [6.45, 7) is 2.99. The lowest BCUT2D eigenvalue weighted by Crippen LogP contribution is -2.40. The zero-order valence-corrected chi connectivity index (χ0v) is 25.1. The van der Waals surface area contributed by atoms with Crippen LogP contribution in [0.3, 0.4) is 0 Å². The number of carbonyl (C=O) groups excluding carboxylic acids is 2. The molecule has 0 bridgehead atoms. The van der Waals surface area contributed by atoms with Gasteiger partial charge in [0, 0.05) is 51.3 Å². The van der Waals surface area contributed by atoms with Gasteiger partial charge in [0.25, 0.3) is 0 Å². The number of sulfonamides is 1. The van der Waals surface area contributed by atoms with E-state index in [4.69, 9.17) is 5.11 Å². The molecule has 0 aliphatic carbocycles. The van der Waals surface area contributed by atoms with Gasteiger partial charge in [-0.1, -0.05) is 30.3 Å². The molecule has 1 saturated heterocycles. The highest BCUT2D eigenvalue weighted by molar-refractivity contribution is 8.01. The zero-order chi connectivity index (χ0) is 29.4. The molecule has 0 radical (unpaired) electrons. The summed E-state index contributed by atoms with van der Waals surface area (Å²) in [5.41, 5.74) is 1.68. The molecule has 2 aliphatic rings. The molecule has 2 amide bonds. The Kier molecular flexibility index (Phi) is 8.24. The third-order valence-electron chi connectivity index (χ3n) is 7.52. The summed E-state index contributed by atoms with van der Waals surface area (Å²) in [6.07, 6.45) is 2.22. The van der Waals surface area contributed by atoms with Crippen molar-refractivity contribution in [1.82, 2.24) is 14.2 Å². The van der Waals surface area contributed by atoms with Crippen molar-refractivity contribution >= 4 is 56.6 Å². The Hall–Kier alpha value is -3.26. The number of fused-ring (bicyclic) bond motifs is 2. The van der Waals surface area contributed by atoms with Crippen LogP contribution in [-0.4, -0.2) is 77.9 Å². The van der Waals surface area contributed by atoms with E-state index in [-0.39, 0.29) is 35.4 Å². The standard InChI is InChI=1S/C28H30N4O6S3/c1-19(33)31-11-10-28(17-31)18-32(25(34)13-24-29-14-27(40-24)39-16-26(35)36)23-9-8-21(12-22(23)28)41(37,38)30(2)15-20-6-4-3-5-7-20/h3-9,12,14H,10-11,13,15-18H2,1-2H3,(H,35,36). The van der Waals surface area contributed by atoms with Gasteiger partial charge in [-0.15, -0.1) is 23.1 Å². The number of hydrogen-bond acceptors (Lipinski definition) is 8. The van der Waals surface area contributed by atoms with E-state index in [2.05, 4.69) is 4.98 Å². The van der Waals surface area contributed by atoms with E-state index in [0.29, 0.717) is 36.8 Å². The molecule has 41 heavy (non-hydrogen) atoms. The highest BCUT2D eigenvalue weighted by atomic mass is 32.2. The van der Waals surface area contributed by atoms with Crippen molar-refractivity contribution in [2.45, 2.75) is 40.8 Å². The Balaban J connectivity index is 1.43. The molecule has 13 heteroatoms. The van der Waals surface area contributed by atoms with Crippen LogP contribution in [0.15, 0.2) is 63.8 Å². The molecule has 3 heterocycles. The van der Waals surface area contributed by atoms with Crippen LogP contribution in [0, 0.1) is 0 Å². The minimum atomic E-state index is -3.83. The van der Waals surface area contributed by atoms with Crippen molar-refractivity contribution in [1.29, 1.82) is 0 Å². The first-order valence-electron chi connectivity index (χ1n) is 13.0. The van der Waals surface area contributed by atoms with Crippen molar-refractivity contribution in [2.75, 3.05) is 37.3 Å². The summed E-state index contributed by atoms with van der Waals surface area (Å²) in [7, 11) is -2.29. The highest BCUT2D eigenvalue weighted by Gasteiger charge is 2.49. The Morgan fingerprint density at radius 3 is 2.59 bits per heavy atom. The smallest absolute Gasteiger partial charge is 0.313 e. The molecule has 3 aromatic rings. The zero-order valence-electron chi connectivity index (χ0n) is 22.6. The summed E-state index contributed by atoms with van der Waals surface area (Å²) in [5, 5.41) is 9.49. The van der Waals surface area contributed by atoms with Crippen LogP contribution in [0.25, 0.3) is 0 Å². The van der Waals surface area contributed by atoms with Crippen LogP contribution in [0.2, 0.25) is 0 Å². The van der Waals surface area contributed by atoms with Crippen molar-refractivity contribution in [3.8, 4) is 0 Å². The summed E-state index contributed by atoms with van der Waals surface area (Å²) >= 11 is 2.44. The van der Waals surface area contributed by atoms with E-state index in [1.807, 2.05) is 30.3 Å². The molecular weight excluding hydrogens is 585 g/mol. The van der Waals surface area contributed by atoms with Gasteiger partial charge in [-0.25, -0.2) is 13.4 Å². The van der Waals surface area contributed by atoms with E-state index < -0.39 is 21.4 Å². The third kappa shape index (κ3) is 6.03. The first-order valence-corrected chi connectivity index (χ1v) is 16.2. The van der Waals surface area contributed by atoms with Gasteiger partial charge in [0.2, 0.25) is 21.8 Å². The van der Waals surface area contributed by atoms with E-state index >= 15 is 0 Å². The van der Waals surface area contributed by atoms with Crippen LogP contribution in [0.4, 0.5) is 5.69 Å². The number of nitrogens with zero attached hydrogens (tertiary/aromatic N) is 4. The van der Waals surface area contributed by atoms with Gasteiger partial charge in [-0.05, 0) is 35.7 Å². The van der Waals surface area contributed by atoms with Crippen molar-refractivity contribution in [2.24, 2.45) is 0 Å². The summed E-state index contributed by atoms with van der Waals surface area (Å²) < 4.78 is 29.2. The van der Waals surface area contributed by atoms with Crippen LogP contribution < -0.4 is 4.90 Å². The number of anilines is 1. The van der Waals surface area contributed by atoms with Gasteiger partial charge in [-0.3, -0.25) is 14.4 Å². The van der Waals surface area contributed by atoms with E-state index in [9.17, 15) is 22.8 Å². The molecule has 2 aromatic carbocycles. The van der Waals surface area contributed by atoms with Gasteiger partial charge < -0.3 is 14.9 Å². The van der Waals surface area contributed by atoms with Crippen molar-refractivity contribution in [3.05, 3.63) is 70.9 Å². The van der Waals surface area contributed by atoms with E-state index in [1.54, 1.807) is 35.2 Å². The lowest BCUT2D eigenvalue weighted by Gasteiger charge is -2.26. The largest absolute Gasteiger partial charge is 0.481 e. The van der Waals surface area contributed by atoms with Crippen LogP contribution in [-0.2, 0) is 42.8 Å². The quantitative estimate of drug-likeness (QED) is 0.364. The molecular formula is C28H30N4O6S3. The number of aromatic nitrogens is 1. The predicted octanol–water partition coefficient (Wildman–Crippen LogP) is 3.22. The van der Waals surface area contributed by atoms with E-state index in [0.717, 1.165) is 27.1 Å². The molecule has 1 spiro atoms. The number of carboxylic acids is 1. The first-order chi connectivity index (χ1) is 19.5. The minimum Gasteiger partial charge on any atom is -0.481 e. The molecule has 1 N–H and O–H groups in total. The molecule has 1 fully saturated rings. The summed E-state index contributed by atoms with van der Waals surface area (Å²) in [4.78, 5) is 44.6. The van der Waals surface area contributed by atoms with Gasteiger partial charge in [0.1, 0.15) is 5.01 Å². The Morgan fingerprint density at radius 2 is 1.90 bits per heavy atom. The van der Waals surface area contributed by atoms with Crippen molar-refractivity contribution in [3.63, 3.8) is 0 Å². The molecule has 2 aliphatic heterocycles. The van der Waals surface area contributed by atoms with Crippen LogP contribution in [0.5, 0.6) is 0 Å². The molecule has 5 rings (SSSR count). The number of rotatable bonds is 9. The van der Waals surface area contributed by atoms with Crippen LogP contribution in [0.1, 0.15) is 29.5 Å². The number of likely N-dealkylation sites (tertiary alicyclic amines) is 1. The monoisotopic (exact) mass is 614 g/mol. The maximum atomic E-state index is 13.6. The average molecular weight is 615 g/mol. The Bertz CT molecular complexity index is 1590. The number of carboxylic acid groups (broad SMARTS) is 1. The SMILES string of the molecule is CC(=O)N1CCC2(C1)CN(C(=O)Cc1ncc(SCC(=O)O)s1)c1ccc(S(=O)(=O)N(C)Cc3ccccc3)cc12. The Labute approximate surface area is 247 Å². The van der Waals surface area contributed by atoms with Crippen LogP contribution >= 0.6 is 23.1 Å². The fourth-order valence-electron chi connectivity index (χ4n) is 5.43. The average Bonchev–Trinajstić information content (AvgIpc) is 3.66. The van der Waals surface area contributed by atoms with Gasteiger partial charge in [-0.2, -0.15) is 4.31 Å². The topological polar surface area (TPSA) is 128 Å². The third-order valence-corrected chi connectivity index (χ3v) is 11.5. The predicted molar refractivity (Wildman–Crippen MR) is 157 cm³/mol. The number of carbonyl (C=O) groups is 3. The summed E-state index contributed by atoms with van der Waals surface area (Å²) in [5.74, 6) is -1.27. The molecule has 10 nitrogen and oxygen atoms in total. The molecule has 0 saturated carbocycles. The Morgan fingerprint density at radius 1 is 1.15 bits per heavy atom. The lowest BCUT2D eigenvalue weighted by atomic mass is 9.81. The second kappa shape index (κ2) is 11.6. The molecule has 216 valence electrons. The van der Waals surface area contributed by atoms with Gasteiger partial charge in [0.15, 0.2) is 0 Å². The van der Waals surface area contributed by atoms with E-state index in [1.165, 1.54) is 28.6 Å². The normalized spacial score (nSPS) is 18.3. The van der Waals surface area contributed by atoms with Gasteiger partial charge in [0.05, 0.1) is 27.5 Å². The second-order valence-electron chi connectivity index (χ2n) is 10.3. The maximum Gasteiger partial charge on any atom is 0.313 e. The van der Waals surface area contributed by atoms with Crippen molar-refractivity contribution < 1.29 is 27.9 Å². The number of hydrogen-bond donors (Lipinski definition) is 1. The number of thiazole rings is 1. The second-order valence-corrected chi connectivity index (χ2v) is 14.7. The minimum absolute atomic E-state index is 0.0318. The fraction of sp³-hybridized carbons (Fsp3) is 0.357. The summed E-state index contributed by atoms with van der Waals surface area (Å²) in [6, 6.07) is 14.3. The molecule has 1 aromatic heterocycles. The molecule has 1 unspecified atom stereocenters.